The lowest BCUT2D eigenvalue weighted by Gasteiger charge is -2.16. The molecule has 224 valence electrons. The van der Waals surface area contributed by atoms with Crippen LogP contribution in [0.15, 0.2) is 47.2 Å². The number of rotatable bonds is 16. The predicted octanol–water partition coefficient (Wildman–Crippen LogP) is 14.3. The van der Waals surface area contributed by atoms with E-state index in [1.165, 1.54) is 105 Å². The van der Waals surface area contributed by atoms with Gasteiger partial charge in [0.1, 0.15) is 11.6 Å². The van der Waals surface area contributed by atoms with E-state index in [1.54, 1.807) is 22.7 Å². The van der Waals surface area contributed by atoms with E-state index in [1.807, 2.05) is 11.3 Å². The summed E-state index contributed by atoms with van der Waals surface area (Å²) in [5.74, 6) is -0.436. The molecule has 0 saturated heterocycles. The fraction of sp³-hybridized carbons (Fsp3) is 0.444. The van der Waals surface area contributed by atoms with E-state index >= 15 is 0 Å². The van der Waals surface area contributed by atoms with Crippen molar-refractivity contribution in [3.8, 4) is 21.6 Å². The maximum Gasteiger partial charge on any atom is 0.126 e. The van der Waals surface area contributed by atoms with Gasteiger partial charge in [-0.1, -0.05) is 102 Å². The van der Waals surface area contributed by atoms with E-state index in [0.29, 0.717) is 11.5 Å². The molecule has 6 heteroatoms. The third kappa shape index (κ3) is 7.46. The summed E-state index contributed by atoms with van der Waals surface area (Å²) in [6, 6.07) is 10.2. The highest BCUT2D eigenvalue weighted by Gasteiger charge is 2.22. The Bertz CT molecular complexity index is 1520. The molecule has 0 aliphatic heterocycles. The summed E-state index contributed by atoms with van der Waals surface area (Å²) in [5, 5.41) is 7.21. The summed E-state index contributed by atoms with van der Waals surface area (Å²) in [6.45, 7) is 4.55. The number of hydrogen-bond acceptors (Lipinski definition) is 3. The van der Waals surface area contributed by atoms with Crippen LogP contribution in [-0.2, 0) is 6.42 Å². The van der Waals surface area contributed by atoms with E-state index in [-0.39, 0.29) is 0 Å². The molecule has 3 heterocycles. The Balaban J connectivity index is 1.45. The summed E-state index contributed by atoms with van der Waals surface area (Å²) in [7, 11) is 0. The molecule has 0 amide bonds. The third-order valence-electron chi connectivity index (χ3n) is 8.38. The molecule has 0 fully saturated rings. The van der Waals surface area contributed by atoms with Gasteiger partial charge in [0.15, 0.2) is 0 Å². The first-order chi connectivity index (χ1) is 20.5. The van der Waals surface area contributed by atoms with Crippen LogP contribution in [0.5, 0.6) is 0 Å². The Morgan fingerprint density at radius 1 is 0.690 bits per heavy atom. The lowest BCUT2D eigenvalue weighted by atomic mass is 9.91. The molecule has 0 saturated carbocycles. The first-order valence-electron chi connectivity index (χ1n) is 15.7. The largest absolute Gasteiger partial charge is 0.207 e. The number of hydrogen-bond donors (Lipinski definition) is 0. The van der Waals surface area contributed by atoms with Crippen molar-refractivity contribution in [2.45, 2.75) is 97.3 Å². The van der Waals surface area contributed by atoms with Crippen LogP contribution >= 0.6 is 45.6 Å². The van der Waals surface area contributed by atoms with Gasteiger partial charge < -0.3 is 0 Å². The summed E-state index contributed by atoms with van der Waals surface area (Å²) in [6.07, 6.45) is 16.8. The van der Waals surface area contributed by atoms with Crippen LogP contribution in [0.2, 0.25) is 5.02 Å². The van der Waals surface area contributed by atoms with Crippen molar-refractivity contribution >= 4 is 65.8 Å². The minimum atomic E-state index is -0.554. The van der Waals surface area contributed by atoms with Gasteiger partial charge in [-0.15, -0.1) is 34.0 Å². The monoisotopic (exact) mass is 642 g/mol. The Kier molecular flexibility index (Phi) is 11.5. The van der Waals surface area contributed by atoms with Crippen molar-refractivity contribution in [1.29, 1.82) is 0 Å². The van der Waals surface area contributed by atoms with Gasteiger partial charge >= 0.3 is 0 Å². The predicted molar refractivity (Wildman–Crippen MR) is 185 cm³/mol. The highest BCUT2D eigenvalue weighted by Crippen LogP contribution is 2.50. The number of unbranched alkanes of at least 4 members (excludes halogenated alkanes) is 8. The van der Waals surface area contributed by atoms with Gasteiger partial charge in [0.2, 0.25) is 0 Å². The zero-order valence-corrected chi connectivity index (χ0v) is 28.0. The number of thiophene rings is 3. The van der Waals surface area contributed by atoms with Crippen molar-refractivity contribution in [2.24, 2.45) is 5.92 Å². The zero-order valence-electron chi connectivity index (χ0n) is 24.7. The van der Waals surface area contributed by atoms with Gasteiger partial charge in [-0.25, -0.2) is 8.78 Å². The van der Waals surface area contributed by atoms with E-state index in [2.05, 4.69) is 42.8 Å². The smallest absolute Gasteiger partial charge is 0.126 e. The molecule has 0 spiro atoms. The normalized spacial score (nSPS) is 12.6. The lowest BCUT2D eigenvalue weighted by molar-refractivity contribution is 0.404. The third-order valence-corrected chi connectivity index (χ3v) is 11.9. The van der Waals surface area contributed by atoms with Gasteiger partial charge in [0, 0.05) is 47.1 Å². The van der Waals surface area contributed by atoms with E-state index in [9.17, 15) is 8.78 Å². The SMILES string of the molecule is CCCCCCCCC(CCCCCC)Cc1sc(-c2c3ccsc3c(-c3cc(F)cc(F)c3)c3ccsc23)cc1Cl. The molecule has 0 nitrogen and oxygen atoms in total. The van der Waals surface area contributed by atoms with Crippen LogP contribution in [0, 0.1) is 17.6 Å². The maximum atomic E-state index is 14.3. The fourth-order valence-electron chi connectivity index (χ4n) is 6.23. The van der Waals surface area contributed by atoms with E-state index < -0.39 is 11.6 Å². The molecule has 5 rings (SSSR count). The molecule has 0 radical (unpaired) electrons. The second-order valence-corrected chi connectivity index (χ2v) is 15.0. The Morgan fingerprint density at radius 3 is 1.88 bits per heavy atom. The number of benzene rings is 2. The molecule has 0 bridgehead atoms. The molecular formula is C36H41ClF2S3. The highest BCUT2D eigenvalue weighted by atomic mass is 35.5. The molecule has 42 heavy (non-hydrogen) atoms. The van der Waals surface area contributed by atoms with Gasteiger partial charge in [0.05, 0.1) is 5.02 Å². The topological polar surface area (TPSA) is 0 Å². The molecule has 0 aliphatic rings. The first kappa shape index (κ1) is 31.6. The molecule has 0 N–H and O–H groups in total. The van der Waals surface area contributed by atoms with Crippen molar-refractivity contribution in [2.75, 3.05) is 0 Å². The molecule has 1 unspecified atom stereocenters. The van der Waals surface area contributed by atoms with Crippen LogP contribution in [0.1, 0.15) is 95.8 Å². The maximum absolute atomic E-state index is 14.3. The highest BCUT2D eigenvalue weighted by molar-refractivity contribution is 7.21. The quantitative estimate of drug-likeness (QED) is 0.0939. The Labute approximate surface area is 266 Å². The molecular weight excluding hydrogens is 602 g/mol. The first-order valence-corrected chi connectivity index (χ1v) is 18.6. The van der Waals surface area contributed by atoms with Crippen LogP contribution in [0.3, 0.4) is 0 Å². The van der Waals surface area contributed by atoms with Crippen molar-refractivity contribution in [1.82, 2.24) is 0 Å². The summed E-state index contributed by atoms with van der Waals surface area (Å²) >= 11 is 12.1. The van der Waals surface area contributed by atoms with Gasteiger partial charge in [-0.05, 0) is 59.0 Å². The Hall–Kier alpha value is -1.79. The molecule has 2 aromatic carbocycles. The summed E-state index contributed by atoms with van der Waals surface area (Å²) in [5.41, 5.74) is 2.69. The van der Waals surface area contributed by atoms with Crippen LogP contribution in [0.25, 0.3) is 41.7 Å². The summed E-state index contributed by atoms with van der Waals surface area (Å²) in [4.78, 5) is 2.48. The van der Waals surface area contributed by atoms with Crippen molar-refractivity contribution in [3.05, 3.63) is 68.7 Å². The van der Waals surface area contributed by atoms with Gasteiger partial charge in [-0.2, -0.15) is 0 Å². The van der Waals surface area contributed by atoms with Crippen LogP contribution < -0.4 is 0 Å². The average molecular weight is 643 g/mol. The van der Waals surface area contributed by atoms with Crippen LogP contribution in [0.4, 0.5) is 8.78 Å². The van der Waals surface area contributed by atoms with Crippen molar-refractivity contribution in [3.63, 3.8) is 0 Å². The number of fused-ring (bicyclic) bond motifs is 2. The van der Waals surface area contributed by atoms with Gasteiger partial charge in [-0.3, -0.25) is 0 Å². The van der Waals surface area contributed by atoms with Gasteiger partial charge in [0.25, 0.3) is 0 Å². The fourth-order valence-corrected chi connectivity index (χ4v) is 9.85. The molecule has 0 aliphatic carbocycles. The van der Waals surface area contributed by atoms with E-state index in [4.69, 9.17) is 11.6 Å². The molecule has 5 aromatic rings. The molecule has 1 atom stereocenters. The average Bonchev–Trinajstić information content (AvgIpc) is 3.71. The lowest BCUT2D eigenvalue weighted by Crippen LogP contribution is -2.04. The van der Waals surface area contributed by atoms with Crippen molar-refractivity contribution < 1.29 is 8.78 Å². The number of halogens is 3. The second-order valence-electron chi connectivity index (χ2n) is 11.6. The standard InChI is InChI=1S/C36H41ClF2S3/c1-3-5-7-9-10-12-14-24(13-11-8-6-4-2)19-31-30(37)23-32(42-31)34-29-16-18-40-35(29)33(28-15-17-41-36(28)34)25-20-26(38)22-27(39)21-25/h15-18,20-24H,3-14,19H2,1-2H3. The second kappa shape index (κ2) is 15.3. The van der Waals surface area contributed by atoms with E-state index in [0.717, 1.165) is 43.2 Å². The molecule has 3 aromatic heterocycles. The summed E-state index contributed by atoms with van der Waals surface area (Å²) < 4.78 is 30.8. The van der Waals surface area contributed by atoms with Crippen LogP contribution in [-0.4, -0.2) is 0 Å². The minimum Gasteiger partial charge on any atom is -0.207 e. The minimum absolute atomic E-state index is 0.554. The Morgan fingerprint density at radius 2 is 1.24 bits per heavy atom. The zero-order chi connectivity index (χ0) is 29.5.